The number of carbonyl (C=O) groups excluding carboxylic acids is 1. The highest BCUT2D eigenvalue weighted by atomic mass is 19.1. The Morgan fingerprint density at radius 2 is 2.26 bits per heavy atom. The van der Waals surface area contributed by atoms with Gasteiger partial charge in [0.2, 0.25) is 0 Å². The number of carbonyl (C=O) groups is 1. The van der Waals surface area contributed by atoms with E-state index in [4.69, 9.17) is 5.73 Å². The Hall–Kier alpha value is -2.28. The molecule has 1 aromatic carbocycles. The van der Waals surface area contributed by atoms with E-state index in [9.17, 15) is 9.18 Å². The van der Waals surface area contributed by atoms with Gasteiger partial charge in [0, 0.05) is 6.04 Å². The highest BCUT2D eigenvalue weighted by Crippen LogP contribution is 2.20. The van der Waals surface area contributed by atoms with Crippen LogP contribution in [-0.4, -0.2) is 27.8 Å². The zero-order chi connectivity index (χ0) is 14.0. The summed E-state index contributed by atoms with van der Waals surface area (Å²) >= 11 is 0. The van der Waals surface area contributed by atoms with Crippen molar-refractivity contribution in [2.75, 3.05) is 7.11 Å². The summed E-state index contributed by atoms with van der Waals surface area (Å²) < 4.78 is 19.1. The SMILES string of the molecule is COC(=O)c1ncn(-c2ccc(F)cc2[C@@H](C)N)n1. The van der Waals surface area contributed by atoms with Crippen LogP contribution in [0.3, 0.4) is 0 Å². The van der Waals surface area contributed by atoms with E-state index in [1.54, 1.807) is 6.92 Å². The number of methoxy groups -OCH3 is 1. The largest absolute Gasteiger partial charge is 0.463 e. The third-order valence-electron chi connectivity index (χ3n) is 2.59. The summed E-state index contributed by atoms with van der Waals surface area (Å²) in [5, 5.41) is 3.98. The van der Waals surface area contributed by atoms with Gasteiger partial charge >= 0.3 is 5.97 Å². The molecule has 0 radical (unpaired) electrons. The lowest BCUT2D eigenvalue weighted by atomic mass is 10.1. The minimum atomic E-state index is -0.636. The molecule has 0 fully saturated rings. The molecule has 1 atom stereocenters. The Morgan fingerprint density at radius 1 is 1.53 bits per heavy atom. The monoisotopic (exact) mass is 264 g/mol. The van der Waals surface area contributed by atoms with Gasteiger partial charge in [-0.3, -0.25) is 0 Å². The number of benzene rings is 1. The number of nitrogens with two attached hydrogens (primary N) is 1. The van der Waals surface area contributed by atoms with Crippen LogP contribution < -0.4 is 5.73 Å². The van der Waals surface area contributed by atoms with Gasteiger partial charge in [0.25, 0.3) is 5.82 Å². The molecule has 0 aliphatic rings. The zero-order valence-corrected chi connectivity index (χ0v) is 10.5. The minimum absolute atomic E-state index is 0.0672. The molecular formula is C12H13FN4O2. The van der Waals surface area contributed by atoms with Gasteiger partial charge in [-0.15, -0.1) is 5.10 Å². The summed E-state index contributed by atoms with van der Waals surface area (Å²) in [5.74, 6) is -1.09. The molecule has 0 aliphatic heterocycles. The molecule has 19 heavy (non-hydrogen) atoms. The third-order valence-corrected chi connectivity index (χ3v) is 2.59. The predicted octanol–water partition coefficient (Wildman–Crippen LogP) is 1.21. The van der Waals surface area contributed by atoms with Crippen LogP contribution in [0, 0.1) is 5.82 Å². The normalized spacial score (nSPS) is 12.2. The van der Waals surface area contributed by atoms with Crippen LogP contribution in [0.5, 0.6) is 0 Å². The fourth-order valence-electron chi connectivity index (χ4n) is 1.66. The van der Waals surface area contributed by atoms with Crippen LogP contribution in [0.25, 0.3) is 5.69 Å². The maximum atomic E-state index is 13.2. The van der Waals surface area contributed by atoms with E-state index in [1.807, 2.05) is 0 Å². The first-order valence-corrected chi connectivity index (χ1v) is 5.58. The molecule has 1 aromatic heterocycles. The van der Waals surface area contributed by atoms with Crippen molar-refractivity contribution in [3.05, 3.63) is 41.7 Å². The zero-order valence-electron chi connectivity index (χ0n) is 10.5. The molecule has 0 bridgehead atoms. The van der Waals surface area contributed by atoms with Crippen LogP contribution in [0.15, 0.2) is 24.5 Å². The molecule has 7 heteroatoms. The Bertz CT molecular complexity index is 610. The van der Waals surface area contributed by atoms with E-state index < -0.39 is 5.97 Å². The summed E-state index contributed by atoms with van der Waals surface area (Å²) in [6, 6.07) is 3.78. The van der Waals surface area contributed by atoms with Gasteiger partial charge in [-0.05, 0) is 30.7 Å². The standard InChI is InChI=1S/C12H13FN4O2/c1-7(14)9-5-8(13)3-4-10(9)17-6-15-11(16-17)12(18)19-2/h3-7H,14H2,1-2H3/t7-/m1/s1. The second kappa shape index (κ2) is 5.15. The number of hydrogen-bond donors (Lipinski definition) is 1. The number of hydrogen-bond acceptors (Lipinski definition) is 5. The molecule has 0 saturated carbocycles. The lowest BCUT2D eigenvalue weighted by Gasteiger charge is -2.12. The Morgan fingerprint density at radius 3 is 2.89 bits per heavy atom. The van der Waals surface area contributed by atoms with E-state index in [0.717, 1.165) is 0 Å². The van der Waals surface area contributed by atoms with Gasteiger partial charge in [-0.1, -0.05) is 0 Å². The fourth-order valence-corrected chi connectivity index (χ4v) is 1.66. The molecular weight excluding hydrogens is 251 g/mol. The van der Waals surface area contributed by atoms with Gasteiger partial charge in [0.05, 0.1) is 12.8 Å². The Balaban J connectivity index is 2.47. The summed E-state index contributed by atoms with van der Waals surface area (Å²) in [7, 11) is 1.24. The second-order valence-corrected chi connectivity index (χ2v) is 4.00. The Labute approximate surface area is 109 Å². The topological polar surface area (TPSA) is 83.0 Å². The molecule has 6 nitrogen and oxygen atoms in total. The number of nitrogens with zero attached hydrogens (tertiary/aromatic N) is 3. The molecule has 0 amide bonds. The van der Waals surface area contributed by atoms with E-state index in [2.05, 4.69) is 14.8 Å². The third kappa shape index (κ3) is 2.60. The maximum absolute atomic E-state index is 13.2. The first-order valence-electron chi connectivity index (χ1n) is 5.58. The van der Waals surface area contributed by atoms with E-state index >= 15 is 0 Å². The van der Waals surface area contributed by atoms with E-state index in [1.165, 1.54) is 36.3 Å². The van der Waals surface area contributed by atoms with Crippen LogP contribution in [0.2, 0.25) is 0 Å². The van der Waals surface area contributed by atoms with Crippen LogP contribution >= 0.6 is 0 Å². The van der Waals surface area contributed by atoms with Crippen molar-refractivity contribution in [3.63, 3.8) is 0 Å². The minimum Gasteiger partial charge on any atom is -0.463 e. The predicted molar refractivity (Wildman–Crippen MR) is 65.3 cm³/mol. The number of halogens is 1. The molecule has 2 rings (SSSR count). The Kier molecular flexibility index (Phi) is 3.57. The summed E-state index contributed by atoms with van der Waals surface area (Å²) in [6.45, 7) is 1.73. The smallest absolute Gasteiger partial charge is 0.377 e. The van der Waals surface area contributed by atoms with Gasteiger partial charge in [0.1, 0.15) is 12.1 Å². The van der Waals surface area contributed by atoms with Crippen LogP contribution in [-0.2, 0) is 4.74 Å². The first kappa shape index (κ1) is 13.2. The average Bonchev–Trinajstić information content (AvgIpc) is 2.87. The number of rotatable bonds is 3. The molecule has 2 N–H and O–H groups in total. The first-order chi connectivity index (χ1) is 9.02. The quantitative estimate of drug-likeness (QED) is 0.842. The van der Waals surface area contributed by atoms with Crippen LogP contribution in [0.1, 0.15) is 29.1 Å². The lowest BCUT2D eigenvalue weighted by Crippen LogP contribution is -2.11. The van der Waals surface area contributed by atoms with Gasteiger partial charge in [-0.2, -0.15) is 0 Å². The number of ether oxygens (including phenoxy) is 1. The highest BCUT2D eigenvalue weighted by Gasteiger charge is 2.15. The molecule has 0 spiro atoms. The lowest BCUT2D eigenvalue weighted by molar-refractivity contribution is 0.0587. The number of esters is 1. The molecule has 2 aromatic rings. The summed E-state index contributed by atoms with van der Waals surface area (Å²) in [5.41, 5.74) is 6.93. The van der Waals surface area contributed by atoms with Gasteiger partial charge < -0.3 is 10.5 Å². The highest BCUT2D eigenvalue weighted by molar-refractivity contribution is 5.84. The number of aromatic nitrogens is 3. The molecule has 0 aliphatic carbocycles. The summed E-state index contributed by atoms with van der Waals surface area (Å²) in [6.07, 6.45) is 1.35. The fraction of sp³-hybridized carbons (Fsp3) is 0.250. The van der Waals surface area contributed by atoms with Crippen LogP contribution in [0.4, 0.5) is 4.39 Å². The van der Waals surface area contributed by atoms with Crippen molar-refractivity contribution in [1.29, 1.82) is 0 Å². The second-order valence-electron chi connectivity index (χ2n) is 4.00. The molecule has 100 valence electrons. The summed E-state index contributed by atoms with van der Waals surface area (Å²) in [4.78, 5) is 15.1. The van der Waals surface area contributed by atoms with Crippen molar-refractivity contribution in [2.45, 2.75) is 13.0 Å². The average molecular weight is 264 g/mol. The maximum Gasteiger partial charge on any atom is 0.377 e. The van der Waals surface area contributed by atoms with Crippen molar-refractivity contribution < 1.29 is 13.9 Å². The van der Waals surface area contributed by atoms with Crippen molar-refractivity contribution in [3.8, 4) is 5.69 Å². The van der Waals surface area contributed by atoms with Gasteiger partial charge in [0.15, 0.2) is 0 Å². The van der Waals surface area contributed by atoms with Gasteiger partial charge in [-0.25, -0.2) is 18.9 Å². The van der Waals surface area contributed by atoms with E-state index in [-0.39, 0.29) is 17.7 Å². The molecule has 0 saturated heterocycles. The van der Waals surface area contributed by atoms with Crippen molar-refractivity contribution in [1.82, 2.24) is 14.8 Å². The van der Waals surface area contributed by atoms with E-state index in [0.29, 0.717) is 11.3 Å². The molecule has 1 heterocycles. The van der Waals surface area contributed by atoms with Crippen molar-refractivity contribution in [2.24, 2.45) is 5.73 Å². The molecule has 0 unspecified atom stereocenters. The van der Waals surface area contributed by atoms with Crippen molar-refractivity contribution >= 4 is 5.97 Å².